The molecule has 2 aromatic carbocycles. The molecule has 0 aliphatic rings. The van der Waals surface area contributed by atoms with Crippen LogP contribution in [0.5, 0.6) is 0 Å². The zero-order valence-corrected chi connectivity index (χ0v) is 18.3. The van der Waals surface area contributed by atoms with Crippen LogP contribution in [-0.4, -0.2) is 36.5 Å². The highest BCUT2D eigenvalue weighted by atomic mass is 19.1. The van der Waals surface area contributed by atoms with E-state index in [0.29, 0.717) is 11.3 Å². The molecule has 0 atom stereocenters. The Balaban J connectivity index is 1.57. The van der Waals surface area contributed by atoms with Gasteiger partial charge in [-0.05, 0) is 32.0 Å². The summed E-state index contributed by atoms with van der Waals surface area (Å²) in [5.41, 5.74) is 0.163. The zero-order chi connectivity index (χ0) is 24.4. The maximum atomic E-state index is 14.9. The number of aromatic nitrogens is 5. The van der Waals surface area contributed by atoms with Crippen molar-refractivity contribution in [3.05, 3.63) is 99.5 Å². The number of rotatable bonds is 7. The first-order valence-corrected chi connectivity index (χ1v) is 10.3. The minimum absolute atomic E-state index is 0.0975. The number of carbonyl (C=O) groups excluding carboxylic acids is 1. The fourth-order valence-electron chi connectivity index (χ4n) is 3.46. The van der Waals surface area contributed by atoms with Gasteiger partial charge in [0.2, 0.25) is 0 Å². The number of carbonyl (C=O) groups is 1. The van der Waals surface area contributed by atoms with Gasteiger partial charge < -0.3 is 9.30 Å². The largest absolute Gasteiger partial charge is 0.461 e. The quantitative estimate of drug-likeness (QED) is 0.387. The minimum atomic E-state index is -0.782. The Morgan fingerprint density at radius 3 is 2.41 bits per heavy atom. The number of imidazole rings is 1. The third-order valence-electron chi connectivity index (χ3n) is 5.31. The van der Waals surface area contributed by atoms with Gasteiger partial charge in [-0.25, -0.2) is 27.7 Å². The number of esters is 1. The van der Waals surface area contributed by atoms with Crippen molar-refractivity contribution in [3.63, 3.8) is 0 Å². The molecule has 2 heterocycles. The van der Waals surface area contributed by atoms with Crippen molar-refractivity contribution in [2.45, 2.75) is 26.9 Å². The summed E-state index contributed by atoms with van der Waals surface area (Å²) in [4.78, 5) is 28.7. The molecule has 0 N–H and O–H groups in total. The number of nitrogens with zero attached hydrogens (tertiary/aromatic N) is 5. The first kappa shape index (κ1) is 23.0. The molecule has 0 unspecified atom stereocenters. The van der Waals surface area contributed by atoms with Crippen molar-refractivity contribution >= 4 is 5.97 Å². The van der Waals surface area contributed by atoms with Gasteiger partial charge in [-0.15, -0.1) is 0 Å². The van der Waals surface area contributed by atoms with Gasteiger partial charge in [0.1, 0.15) is 23.8 Å². The molecule has 34 heavy (non-hydrogen) atoms. The second-order valence-electron chi connectivity index (χ2n) is 7.46. The number of hydrogen-bond donors (Lipinski definition) is 0. The van der Waals surface area contributed by atoms with Gasteiger partial charge in [0.05, 0.1) is 31.7 Å². The molecular weight excluding hydrogens is 451 g/mol. The fourth-order valence-corrected chi connectivity index (χ4v) is 3.46. The molecule has 0 aliphatic carbocycles. The fraction of sp³-hybridized carbons (Fsp3) is 0.217. The zero-order valence-electron chi connectivity index (χ0n) is 18.3. The summed E-state index contributed by atoms with van der Waals surface area (Å²) in [6, 6.07) is 7.54. The standard InChI is InChI=1S/C23H20F3N5O3/c1-3-34-22(32)21-14(2)29(12-27-21)10-15-7-8-16(9-20(15)26)31-23(33)30(13-28-31)11-17-18(24)5-4-6-19(17)25/h4-9,12-13H,3,10-11H2,1-2H3. The van der Waals surface area contributed by atoms with Crippen molar-refractivity contribution < 1.29 is 22.7 Å². The molecule has 4 aromatic rings. The van der Waals surface area contributed by atoms with Crippen molar-refractivity contribution in [1.29, 1.82) is 0 Å². The summed E-state index contributed by atoms with van der Waals surface area (Å²) >= 11 is 0. The van der Waals surface area contributed by atoms with E-state index in [0.717, 1.165) is 33.8 Å². The Hall–Kier alpha value is -4.15. The Kier molecular flexibility index (Phi) is 6.35. The van der Waals surface area contributed by atoms with Crippen LogP contribution in [0.2, 0.25) is 0 Å². The van der Waals surface area contributed by atoms with Crippen LogP contribution in [0.1, 0.15) is 34.2 Å². The lowest BCUT2D eigenvalue weighted by Gasteiger charge is -2.09. The van der Waals surface area contributed by atoms with Crippen molar-refractivity contribution in [1.82, 2.24) is 23.9 Å². The molecule has 0 aliphatic heterocycles. The second kappa shape index (κ2) is 9.38. The molecule has 0 amide bonds. The lowest BCUT2D eigenvalue weighted by atomic mass is 10.2. The average Bonchev–Trinajstić information content (AvgIpc) is 3.35. The molecule has 2 aromatic heterocycles. The van der Waals surface area contributed by atoms with Gasteiger partial charge in [-0.2, -0.15) is 9.78 Å². The van der Waals surface area contributed by atoms with Crippen molar-refractivity contribution in [2.75, 3.05) is 6.61 Å². The van der Waals surface area contributed by atoms with Gasteiger partial charge >= 0.3 is 11.7 Å². The molecule has 8 nitrogen and oxygen atoms in total. The first-order chi connectivity index (χ1) is 16.3. The minimum Gasteiger partial charge on any atom is -0.461 e. The lowest BCUT2D eigenvalue weighted by Crippen LogP contribution is -2.24. The predicted octanol–water partition coefficient (Wildman–Crippen LogP) is 3.23. The maximum Gasteiger partial charge on any atom is 0.358 e. The average molecular weight is 471 g/mol. The number of halogens is 3. The second-order valence-corrected chi connectivity index (χ2v) is 7.46. The number of benzene rings is 2. The van der Waals surface area contributed by atoms with Crippen molar-refractivity contribution in [3.8, 4) is 5.69 Å². The van der Waals surface area contributed by atoms with E-state index in [2.05, 4.69) is 10.1 Å². The summed E-state index contributed by atoms with van der Waals surface area (Å²) in [7, 11) is 0. The molecule has 0 radical (unpaired) electrons. The number of ether oxygens (including phenoxy) is 1. The number of hydrogen-bond acceptors (Lipinski definition) is 5. The highest BCUT2D eigenvalue weighted by Crippen LogP contribution is 2.17. The van der Waals surface area contributed by atoms with E-state index in [9.17, 15) is 22.8 Å². The Morgan fingerprint density at radius 2 is 1.74 bits per heavy atom. The molecule has 0 fully saturated rings. The maximum absolute atomic E-state index is 14.9. The molecule has 11 heteroatoms. The molecule has 176 valence electrons. The van der Waals surface area contributed by atoms with E-state index in [1.54, 1.807) is 18.4 Å². The van der Waals surface area contributed by atoms with E-state index < -0.39 is 29.1 Å². The van der Waals surface area contributed by atoms with Gasteiger partial charge in [-0.3, -0.25) is 4.57 Å². The molecule has 4 rings (SSSR count). The van der Waals surface area contributed by atoms with Crippen LogP contribution in [-0.2, 0) is 17.8 Å². The third kappa shape index (κ3) is 4.36. The first-order valence-electron chi connectivity index (χ1n) is 10.3. The molecule has 0 spiro atoms. The highest BCUT2D eigenvalue weighted by Gasteiger charge is 2.18. The topological polar surface area (TPSA) is 83.9 Å². The Bertz CT molecular complexity index is 1400. The van der Waals surface area contributed by atoms with E-state index in [4.69, 9.17) is 4.74 Å². The Morgan fingerprint density at radius 1 is 1.00 bits per heavy atom. The molecular formula is C23H20F3N5O3. The van der Waals surface area contributed by atoms with Gasteiger partial charge in [0, 0.05) is 22.9 Å². The summed E-state index contributed by atoms with van der Waals surface area (Å²) < 4.78 is 51.2. The lowest BCUT2D eigenvalue weighted by molar-refractivity contribution is 0.0519. The SMILES string of the molecule is CCOC(=O)c1ncn(Cc2ccc(-n3ncn(Cc4c(F)cccc4F)c3=O)cc2F)c1C. The summed E-state index contributed by atoms with van der Waals surface area (Å²) in [6.45, 7) is 3.32. The monoisotopic (exact) mass is 471 g/mol. The summed E-state index contributed by atoms with van der Waals surface area (Å²) in [6.07, 6.45) is 2.55. The molecule has 0 saturated carbocycles. The van der Waals surface area contributed by atoms with Crippen LogP contribution in [0.4, 0.5) is 13.2 Å². The van der Waals surface area contributed by atoms with Gasteiger partial charge in [-0.1, -0.05) is 12.1 Å². The highest BCUT2D eigenvalue weighted by molar-refractivity contribution is 5.88. The van der Waals surface area contributed by atoms with E-state index in [-0.39, 0.29) is 36.6 Å². The smallest absolute Gasteiger partial charge is 0.358 e. The predicted molar refractivity (Wildman–Crippen MR) is 115 cm³/mol. The molecule has 0 bridgehead atoms. The van der Waals surface area contributed by atoms with Gasteiger partial charge in [0.15, 0.2) is 5.69 Å². The van der Waals surface area contributed by atoms with Crippen LogP contribution >= 0.6 is 0 Å². The van der Waals surface area contributed by atoms with E-state index >= 15 is 0 Å². The third-order valence-corrected chi connectivity index (χ3v) is 5.31. The van der Waals surface area contributed by atoms with Crippen LogP contribution in [0.25, 0.3) is 5.69 Å². The van der Waals surface area contributed by atoms with E-state index in [1.807, 2.05) is 0 Å². The normalized spacial score (nSPS) is 11.1. The van der Waals surface area contributed by atoms with Crippen LogP contribution in [0.15, 0.2) is 53.8 Å². The molecule has 0 saturated heterocycles. The van der Waals surface area contributed by atoms with Crippen LogP contribution in [0, 0.1) is 24.4 Å². The van der Waals surface area contributed by atoms with Gasteiger partial charge in [0.25, 0.3) is 0 Å². The van der Waals surface area contributed by atoms with Crippen LogP contribution in [0.3, 0.4) is 0 Å². The van der Waals surface area contributed by atoms with Crippen molar-refractivity contribution in [2.24, 2.45) is 0 Å². The summed E-state index contributed by atoms with van der Waals surface area (Å²) in [5, 5.41) is 3.94. The Labute approximate surface area is 191 Å². The summed E-state index contributed by atoms with van der Waals surface area (Å²) in [5.74, 6) is -2.73. The van der Waals surface area contributed by atoms with E-state index in [1.165, 1.54) is 24.5 Å². The van der Waals surface area contributed by atoms with Crippen LogP contribution < -0.4 is 5.69 Å².